The van der Waals surface area contributed by atoms with Gasteiger partial charge in [-0.2, -0.15) is 0 Å². The summed E-state index contributed by atoms with van der Waals surface area (Å²) >= 11 is 0. The van der Waals surface area contributed by atoms with Crippen LogP contribution in [0.15, 0.2) is 18.2 Å². The number of sulfone groups is 1. The highest BCUT2D eigenvalue weighted by atomic mass is 32.2. The van der Waals surface area contributed by atoms with E-state index in [0.717, 1.165) is 5.56 Å². The van der Waals surface area contributed by atoms with E-state index in [1.165, 1.54) is 13.4 Å². The molecule has 0 aliphatic heterocycles. The van der Waals surface area contributed by atoms with Crippen LogP contribution < -0.4 is 5.32 Å². The Morgan fingerprint density at radius 2 is 2.05 bits per heavy atom. The monoisotopic (exact) mass is 285 g/mol. The SMILES string of the molecule is COC(=O)c1cc(C)ccc1NC(C)CS(C)(=O)=O. The zero-order valence-corrected chi connectivity index (χ0v) is 12.4. The number of anilines is 1. The highest BCUT2D eigenvalue weighted by Gasteiger charge is 2.16. The second kappa shape index (κ2) is 6.06. The lowest BCUT2D eigenvalue weighted by Gasteiger charge is -2.17. The largest absolute Gasteiger partial charge is 0.465 e. The molecule has 0 heterocycles. The Morgan fingerprint density at radius 3 is 2.58 bits per heavy atom. The highest BCUT2D eigenvalue weighted by Crippen LogP contribution is 2.19. The van der Waals surface area contributed by atoms with E-state index >= 15 is 0 Å². The molecule has 0 fully saturated rings. The van der Waals surface area contributed by atoms with Crippen LogP contribution in [-0.4, -0.2) is 39.5 Å². The van der Waals surface area contributed by atoms with Crippen molar-refractivity contribution in [2.24, 2.45) is 0 Å². The van der Waals surface area contributed by atoms with Gasteiger partial charge in [0.05, 0.1) is 18.4 Å². The minimum absolute atomic E-state index is 0.00148. The number of rotatable bonds is 5. The van der Waals surface area contributed by atoms with Gasteiger partial charge in [0.1, 0.15) is 9.84 Å². The van der Waals surface area contributed by atoms with E-state index in [0.29, 0.717) is 11.3 Å². The Balaban J connectivity index is 2.97. The molecular weight excluding hydrogens is 266 g/mol. The smallest absolute Gasteiger partial charge is 0.339 e. The molecule has 106 valence electrons. The molecule has 1 aromatic rings. The normalized spacial score (nSPS) is 12.8. The van der Waals surface area contributed by atoms with Gasteiger partial charge in [0, 0.05) is 18.0 Å². The Labute approximate surface area is 113 Å². The van der Waals surface area contributed by atoms with Crippen molar-refractivity contribution in [1.82, 2.24) is 0 Å². The van der Waals surface area contributed by atoms with Gasteiger partial charge in [-0.05, 0) is 26.0 Å². The summed E-state index contributed by atoms with van der Waals surface area (Å²) in [5, 5.41) is 3.03. The van der Waals surface area contributed by atoms with Crippen molar-refractivity contribution in [2.45, 2.75) is 19.9 Å². The quantitative estimate of drug-likeness (QED) is 0.832. The maximum absolute atomic E-state index is 11.7. The van der Waals surface area contributed by atoms with Crippen LogP contribution in [-0.2, 0) is 14.6 Å². The minimum atomic E-state index is -3.07. The first-order valence-corrected chi connectivity index (χ1v) is 7.92. The fraction of sp³-hybridized carbons (Fsp3) is 0.462. The van der Waals surface area contributed by atoms with E-state index in [9.17, 15) is 13.2 Å². The highest BCUT2D eigenvalue weighted by molar-refractivity contribution is 7.90. The number of hydrogen-bond donors (Lipinski definition) is 1. The molecule has 0 amide bonds. The van der Waals surface area contributed by atoms with E-state index in [4.69, 9.17) is 4.74 Å². The number of carbonyl (C=O) groups excluding carboxylic acids is 1. The van der Waals surface area contributed by atoms with Crippen molar-refractivity contribution in [2.75, 3.05) is 24.4 Å². The molecule has 0 aliphatic rings. The first kappa shape index (κ1) is 15.5. The number of benzene rings is 1. The zero-order chi connectivity index (χ0) is 14.6. The average Bonchev–Trinajstić information content (AvgIpc) is 2.28. The van der Waals surface area contributed by atoms with Crippen LogP contribution in [0.4, 0.5) is 5.69 Å². The average molecular weight is 285 g/mol. The van der Waals surface area contributed by atoms with Crippen LogP contribution in [0.5, 0.6) is 0 Å². The molecule has 0 saturated heterocycles. The summed E-state index contributed by atoms with van der Waals surface area (Å²) in [4.78, 5) is 11.7. The maximum atomic E-state index is 11.7. The van der Waals surface area contributed by atoms with Crippen molar-refractivity contribution in [3.8, 4) is 0 Å². The molecule has 0 radical (unpaired) electrons. The van der Waals surface area contributed by atoms with Gasteiger partial charge in [-0.25, -0.2) is 13.2 Å². The molecule has 0 bridgehead atoms. The van der Waals surface area contributed by atoms with Gasteiger partial charge in [-0.15, -0.1) is 0 Å². The summed E-state index contributed by atoms with van der Waals surface area (Å²) in [5.41, 5.74) is 1.91. The lowest BCUT2D eigenvalue weighted by molar-refractivity contribution is 0.0601. The number of ether oxygens (including phenoxy) is 1. The van der Waals surface area contributed by atoms with Gasteiger partial charge in [0.15, 0.2) is 0 Å². The first-order valence-electron chi connectivity index (χ1n) is 5.86. The Hall–Kier alpha value is -1.56. The molecular formula is C13H19NO4S. The predicted octanol–water partition coefficient (Wildman–Crippen LogP) is 1.63. The van der Waals surface area contributed by atoms with Gasteiger partial charge in [-0.3, -0.25) is 0 Å². The summed E-state index contributed by atoms with van der Waals surface area (Å²) in [7, 11) is -1.76. The number of hydrogen-bond acceptors (Lipinski definition) is 5. The molecule has 0 saturated carbocycles. The van der Waals surface area contributed by atoms with Crippen molar-refractivity contribution in [3.63, 3.8) is 0 Å². The van der Waals surface area contributed by atoms with Crippen LogP contribution >= 0.6 is 0 Å². The molecule has 0 aliphatic carbocycles. The van der Waals surface area contributed by atoms with E-state index in [1.54, 1.807) is 19.1 Å². The van der Waals surface area contributed by atoms with Crippen LogP contribution in [0.2, 0.25) is 0 Å². The summed E-state index contributed by atoms with van der Waals surface area (Å²) in [6.45, 7) is 3.62. The molecule has 0 spiro atoms. The summed E-state index contributed by atoms with van der Waals surface area (Å²) in [6, 6.07) is 5.02. The summed E-state index contributed by atoms with van der Waals surface area (Å²) in [5.74, 6) is -0.445. The fourth-order valence-electron chi connectivity index (χ4n) is 1.82. The topological polar surface area (TPSA) is 72.5 Å². The number of carbonyl (C=O) groups is 1. The third-order valence-corrected chi connectivity index (χ3v) is 3.64. The summed E-state index contributed by atoms with van der Waals surface area (Å²) in [6.07, 6.45) is 1.18. The Morgan fingerprint density at radius 1 is 1.42 bits per heavy atom. The molecule has 1 aromatic carbocycles. The number of aryl methyl sites for hydroxylation is 1. The van der Waals surface area contributed by atoms with Crippen molar-refractivity contribution in [1.29, 1.82) is 0 Å². The van der Waals surface area contributed by atoms with Crippen LogP contribution in [0.1, 0.15) is 22.8 Å². The van der Waals surface area contributed by atoms with Crippen molar-refractivity contribution >= 4 is 21.5 Å². The molecule has 19 heavy (non-hydrogen) atoms. The maximum Gasteiger partial charge on any atom is 0.339 e. The molecule has 1 N–H and O–H groups in total. The Kier molecular flexibility index (Phi) is 4.94. The third-order valence-electron chi connectivity index (χ3n) is 2.54. The van der Waals surface area contributed by atoms with E-state index in [2.05, 4.69) is 5.32 Å². The first-order chi connectivity index (χ1) is 8.73. The van der Waals surface area contributed by atoms with Gasteiger partial charge in [-0.1, -0.05) is 11.6 Å². The number of nitrogens with one attached hydrogen (secondary N) is 1. The predicted molar refractivity (Wildman–Crippen MR) is 75.3 cm³/mol. The molecule has 5 nitrogen and oxygen atoms in total. The van der Waals surface area contributed by atoms with Crippen molar-refractivity contribution < 1.29 is 17.9 Å². The van der Waals surface area contributed by atoms with Gasteiger partial charge >= 0.3 is 5.97 Å². The van der Waals surface area contributed by atoms with E-state index in [-0.39, 0.29) is 11.8 Å². The molecule has 6 heteroatoms. The van der Waals surface area contributed by atoms with Crippen LogP contribution in [0.25, 0.3) is 0 Å². The standard InChI is InChI=1S/C13H19NO4S/c1-9-5-6-12(11(7-9)13(15)18-3)14-10(2)8-19(4,16)17/h5-7,10,14H,8H2,1-4H3. The van der Waals surface area contributed by atoms with E-state index < -0.39 is 15.8 Å². The molecule has 1 unspecified atom stereocenters. The van der Waals surface area contributed by atoms with Gasteiger partial charge in [0.25, 0.3) is 0 Å². The fourth-order valence-corrected chi connectivity index (χ4v) is 2.82. The second-order valence-corrected chi connectivity index (χ2v) is 6.86. The number of esters is 1. The molecule has 1 rings (SSSR count). The van der Waals surface area contributed by atoms with Crippen LogP contribution in [0, 0.1) is 6.92 Å². The summed E-state index contributed by atoms with van der Waals surface area (Å²) < 4.78 is 27.2. The molecule has 1 atom stereocenters. The van der Waals surface area contributed by atoms with Gasteiger partial charge < -0.3 is 10.1 Å². The Bertz CT molecular complexity index is 566. The number of methoxy groups -OCH3 is 1. The minimum Gasteiger partial charge on any atom is -0.465 e. The second-order valence-electron chi connectivity index (χ2n) is 4.68. The lowest BCUT2D eigenvalue weighted by Crippen LogP contribution is -2.26. The third kappa shape index (κ3) is 4.90. The zero-order valence-electron chi connectivity index (χ0n) is 11.6. The van der Waals surface area contributed by atoms with Gasteiger partial charge in [0.2, 0.25) is 0 Å². The molecule has 0 aromatic heterocycles. The lowest BCUT2D eigenvalue weighted by atomic mass is 10.1. The van der Waals surface area contributed by atoms with Crippen molar-refractivity contribution in [3.05, 3.63) is 29.3 Å². The van der Waals surface area contributed by atoms with E-state index in [1.807, 2.05) is 13.0 Å². The van der Waals surface area contributed by atoms with Crippen LogP contribution in [0.3, 0.4) is 0 Å².